The first-order valence-corrected chi connectivity index (χ1v) is 9.14. The zero-order valence-corrected chi connectivity index (χ0v) is 15.3. The van der Waals surface area contributed by atoms with Gasteiger partial charge in [-0.05, 0) is 35.1 Å². The second-order valence-corrected chi connectivity index (χ2v) is 7.08. The van der Waals surface area contributed by atoms with E-state index in [4.69, 9.17) is 11.6 Å². The Hall–Kier alpha value is -1.85. The Kier molecular flexibility index (Phi) is 6.82. The van der Waals surface area contributed by atoms with Crippen molar-refractivity contribution in [2.45, 2.75) is 26.3 Å². The Balaban J connectivity index is 1.84. The van der Waals surface area contributed by atoms with Gasteiger partial charge in [0, 0.05) is 28.9 Å². The fraction of sp³-hybridized carbons (Fsp3) is 0.333. The van der Waals surface area contributed by atoms with Gasteiger partial charge < -0.3 is 10.6 Å². The molecule has 1 heterocycles. The molecular weight excluding hydrogens is 344 g/mol. The molecule has 2 amide bonds. The van der Waals surface area contributed by atoms with E-state index in [1.165, 1.54) is 11.3 Å². The summed E-state index contributed by atoms with van der Waals surface area (Å²) in [4.78, 5) is 24.0. The molecule has 1 aromatic carbocycles. The highest BCUT2D eigenvalue weighted by molar-refractivity contribution is 7.08. The number of thiophene rings is 1. The van der Waals surface area contributed by atoms with E-state index in [-0.39, 0.29) is 30.2 Å². The van der Waals surface area contributed by atoms with Gasteiger partial charge in [0.05, 0.1) is 6.04 Å². The van der Waals surface area contributed by atoms with Crippen LogP contribution in [0.15, 0.2) is 41.1 Å². The van der Waals surface area contributed by atoms with Crippen LogP contribution >= 0.6 is 22.9 Å². The van der Waals surface area contributed by atoms with Gasteiger partial charge in [0.15, 0.2) is 0 Å². The Morgan fingerprint density at radius 3 is 2.46 bits per heavy atom. The predicted molar refractivity (Wildman–Crippen MR) is 98.4 cm³/mol. The summed E-state index contributed by atoms with van der Waals surface area (Å²) in [5, 5.41) is 10.1. The lowest BCUT2D eigenvalue weighted by atomic mass is 9.96. The highest BCUT2D eigenvalue weighted by Crippen LogP contribution is 2.23. The van der Waals surface area contributed by atoms with Crippen molar-refractivity contribution in [3.63, 3.8) is 0 Å². The molecule has 1 unspecified atom stereocenters. The zero-order valence-electron chi connectivity index (χ0n) is 13.7. The first-order valence-electron chi connectivity index (χ1n) is 7.82. The van der Waals surface area contributed by atoms with E-state index in [0.717, 1.165) is 5.56 Å². The summed E-state index contributed by atoms with van der Waals surface area (Å²) < 4.78 is 0. The summed E-state index contributed by atoms with van der Waals surface area (Å²) >= 11 is 7.38. The lowest BCUT2D eigenvalue weighted by molar-refractivity contribution is -0.122. The van der Waals surface area contributed by atoms with Gasteiger partial charge in [-0.1, -0.05) is 37.6 Å². The zero-order chi connectivity index (χ0) is 17.5. The van der Waals surface area contributed by atoms with Crippen LogP contribution < -0.4 is 10.6 Å². The van der Waals surface area contributed by atoms with Crippen molar-refractivity contribution in [2.24, 2.45) is 5.92 Å². The van der Waals surface area contributed by atoms with E-state index in [1.807, 2.05) is 29.6 Å². The lowest BCUT2D eigenvalue weighted by Gasteiger charge is -2.23. The molecule has 0 aliphatic rings. The minimum atomic E-state index is -0.151. The Labute approximate surface area is 151 Å². The normalized spacial score (nSPS) is 12.0. The Bertz CT molecular complexity index is 669. The molecule has 0 spiro atoms. The fourth-order valence-corrected chi connectivity index (χ4v) is 3.10. The van der Waals surface area contributed by atoms with Crippen molar-refractivity contribution in [3.05, 3.63) is 57.2 Å². The van der Waals surface area contributed by atoms with Gasteiger partial charge in [-0.15, -0.1) is 0 Å². The number of hydrogen-bond acceptors (Lipinski definition) is 3. The van der Waals surface area contributed by atoms with Crippen molar-refractivity contribution in [1.29, 1.82) is 0 Å². The molecule has 1 atom stereocenters. The molecule has 0 bridgehead atoms. The van der Waals surface area contributed by atoms with Gasteiger partial charge in [-0.25, -0.2) is 0 Å². The molecule has 24 heavy (non-hydrogen) atoms. The number of carbonyl (C=O) groups excluding carboxylic acids is 2. The maximum absolute atomic E-state index is 12.2. The van der Waals surface area contributed by atoms with Crippen molar-refractivity contribution >= 4 is 34.8 Å². The van der Waals surface area contributed by atoms with Crippen LogP contribution in [0.4, 0.5) is 0 Å². The molecular formula is C18H21ClN2O2S. The number of carbonyl (C=O) groups is 2. The lowest BCUT2D eigenvalue weighted by Crippen LogP contribution is -2.34. The standard InChI is InChI=1S/C18H21ClN2O2S/c1-12(2)17(13-3-5-15(19)6-4-13)21-16(22)7-9-20-18(23)14-8-10-24-11-14/h3-6,8,10-12,17H,7,9H2,1-2H3,(H,20,23)(H,21,22). The molecule has 0 fully saturated rings. The van der Waals surface area contributed by atoms with Crippen molar-refractivity contribution in [3.8, 4) is 0 Å². The van der Waals surface area contributed by atoms with Crippen LogP contribution in [-0.2, 0) is 4.79 Å². The van der Waals surface area contributed by atoms with Crippen molar-refractivity contribution in [1.82, 2.24) is 10.6 Å². The van der Waals surface area contributed by atoms with Crippen LogP contribution in [-0.4, -0.2) is 18.4 Å². The van der Waals surface area contributed by atoms with E-state index in [9.17, 15) is 9.59 Å². The van der Waals surface area contributed by atoms with Crippen molar-refractivity contribution in [2.75, 3.05) is 6.54 Å². The maximum atomic E-state index is 12.2. The minimum absolute atomic E-state index is 0.0812. The second-order valence-electron chi connectivity index (χ2n) is 5.86. The Morgan fingerprint density at radius 1 is 1.17 bits per heavy atom. The van der Waals surface area contributed by atoms with Gasteiger partial charge in [-0.3, -0.25) is 9.59 Å². The second kappa shape index (κ2) is 8.85. The molecule has 0 radical (unpaired) electrons. The topological polar surface area (TPSA) is 58.2 Å². The maximum Gasteiger partial charge on any atom is 0.252 e. The van der Waals surface area contributed by atoms with E-state index in [2.05, 4.69) is 24.5 Å². The predicted octanol–water partition coefficient (Wildman–Crippen LogP) is 4.03. The minimum Gasteiger partial charge on any atom is -0.351 e. The fourth-order valence-electron chi connectivity index (χ4n) is 2.34. The van der Waals surface area contributed by atoms with Crippen LogP contribution in [0.5, 0.6) is 0 Å². The van der Waals surface area contributed by atoms with E-state index in [0.29, 0.717) is 17.1 Å². The summed E-state index contributed by atoms with van der Waals surface area (Å²) in [6.07, 6.45) is 0.243. The summed E-state index contributed by atoms with van der Waals surface area (Å²) in [5.74, 6) is 0.00644. The van der Waals surface area contributed by atoms with Crippen LogP contribution in [0.25, 0.3) is 0 Å². The average Bonchev–Trinajstić information content (AvgIpc) is 3.08. The number of hydrogen-bond donors (Lipinski definition) is 2. The van der Waals surface area contributed by atoms with E-state index in [1.54, 1.807) is 11.4 Å². The first-order chi connectivity index (χ1) is 11.5. The largest absolute Gasteiger partial charge is 0.351 e. The molecule has 2 aromatic rings. The summed E-state index contributed by atoms with van der Waals surface area (Å²) in [6, 6.07) is 9.16. The van der Waals surface area contributed by atoms with E-state index >= 15 is 0 Å². The summed E-state index contributed by atoms with van der Waals surface area (Å²) in [5.41, 5.74) is 1.65. The van der Waals surface area contributed by atoms with Crippen LogP contribution in [0.3, 0.4) is 0 Å². The third kappa shape index (κ3) is 5.35. The van der Waals surface area contributed by atoms with Gasteiger partial charge in [0.1, 0.15) is 0 Å². The van der Waals surface area contributed by atoms with Gasteiger partial charge in [0.2, 0.25) is 5.91 Å². The highest BCUT2D eigenvalue weighted by Gasteiger charge is 2.18. The molecule has 0 saturated carbocycles. The third-order valence-corrected chi connectivity index (χ3v) is 4.57. The summed E-state index contributed by atoms with van der Waals surface area (Å²) in [6.45, 7) is 4.42. The molecule has 2 N–H and O–H groups in total. The van der Waals surface area contributed by atoms with Crippen LogP contribution in [0, 0.1) is 5.92 Å². The molecule has 4 nitrogen and oxygen atoms in total. The number of nitrogens with one attached hydrogen (secondary N) is 2. The molecule has 0 aliphatic heterocycles. The molecule has 128 valence electrons. The quantitative estimate of drug-likeness (QED) is 0.779. The molecule has 6 heteroatoms. The summed E-state index contributed by atoms with van der Waals surface area (Å²) in [7, 11) is 0. The average molecular weight is 365 g/mol. The number of benzene rings is 1. The van der Waals surface area contributed by atoms with Gasteiger partial charge >= 0.3 is 0 Å². The number of rotatable bonds is 7. The molecule has 0 aliphatic carbocycles. The number of amides is 2. The Morgan fingerprint density at radius 2 is 1.88 bits per heavy atom. The van der Waals surface area contributed by atoms with Crippen LogP contribution in [0.2, 0.25) is 5.02 Å². The first kappa shape index (κ1) is 18.5. The molecule has 1 aromatic heterocycles. The monoisotopic (exact) mass is 364 g/mol. The molecule has 2 rings (SSSR count). The van der Waals surface area contributed by atoms with E-state index < -0.39 is 0 Å². The van der Waals surface area contributed by atoms with Gasteiger partial charge in [0.25, 0.3) is 5.91 Å². The third-order valence-electron chi connectivity index (χ3n) is 3.63. The van der Waals surface area contributed by atoms with Gasteiger partial charge in [-0.2, -0.15) is 11.3 Å². The number of halogens is 1. The van der Waals surface area contributed by atoms with Crippen molar-refractivity contribution < 1.29 is 9.59 Å². The SMILES string of the molecule is CC(C)C(NC(=O)CCNC(=O)c1ccsc1)c1ccc(Cl)cc1. The van der Waals surface area contributed by atoms with Crippen LogP contribution in [0.1, 0.15) is 42.2 Å². The highest BCUT2D eigenvalue weighted by atomic mass is 35.5. The smallest absolute Gasteiger partial charge is 0.252 e. The molecule has 0 saturated heterocycles.